The number of carbonyl (C=O) groups is 1. The quantitative estimate of drug-likeness (QED) is 0.685. The predicted octanol–water partition coefficient (Wildman–Crippen LogP) is 1.46. The Balaban J connectivity index is 0.00000240. The Bertz CT molecular complexity index is 897. The van der Waals surface area contributed by atoms with E-state index in [2.05, 4.69) is 4.90 Å². The molecule has 0 radical (unpaired) electrons. The summed E-state index contributed by atoms with van der Waals surface area (Å²) >= 11 is 0. The molecule has 0 atom stereocenters. The molecule has 3 rings (SSSR count). The Morgan fingerprint density at radius 3 is 2.26 bits per heavy atom. The van der Waals surface area contributed by atoms with E-state index in [1.54, 1.807) is 39.0 Å². The summed E-state index contributed by atoms with van der Waals surface area (Å²) in [7, 11) is 3.15. The van der Waals surface area contributed by atoms with Crippen LogP contribution in [-0.4, -0.2) is 79.2 Å². The van der Waals surface area contributed by atoms with Gasteiger partial charge >= 0.3 is 6.09 Å². The summed E-state index contributed by atoms with van der Waals surface area (Å²) in [5, 5.41) is 10.5. The van der Waals surface area contributed by atoms with Crippen LogP contribution >= 0.6 is 12.4 Å². The molecule has 0 spiro atoms. The number of hydrogen-bond acceptors (Lipinski definition) is 8. The number of hydrogen-bond donors (Lipinski definition) is 2. The highest BCUT2D eigenvalue weighted by molar-refractivity contribution is 5.94. The number of methoxy groups -OCH3 is 2. The van der Waals surface area contributed by atoms with Gasteiger partial charge in [-0.1, -0.05) is 0 Å². The molecule has 2 heterocycles. The van der Waals surface area contributed by atoms with Crippen molar-refractivity contribution < 1.29 is 29.6 Å². The summed E-state index contributed by atoms with van der Waals surface area (Å²) in [6, 6.07) is 5.45. The van der Waals surface area contributed by atoms with Crippen LogP contribution in [0.1, 0.15) is 13.8 Å². The van der Waals surface area contributed by atoms with Crippen LogP contribution < -0.4 is 20.1 Å². The Morgan fingerprint density at radius 2 is 1.71 bits per heavy atom. The van der Waals surface area contributed by atoms with Crippen molar-refractivity contribution in [2.24, 2.45) is 0 Å². The molecule has 1 saturated heterocycles. The zero-order valence-corrected chi connectivity index (χ0v) is 19.0. The summed E-state index contributed by atoms with van der Waals surface area (Å²) < 4.78 is 15.9. The number of pyridine rings is 1. The molecule has 174 valence electrons. The molecule has 0 unspecified atom stereocenters. The van der Waals surface area contributed by atoms with Gasteiger partial charge in [0.05, 0.1) is 25.3 Å². The van der Waals surface area contributed by atoms with Gasteiger partial charge in [-0.2, -0.15) is 0 Å². The SMILES string of the molecule is COc1cc2nc(N3CCN(C(=O)OCC(C)(C)O)CC3)cc(N)c2cc1OC.Cl.O. The van der Waals surface area contributed by atoms with Crippen LogP contribution in [0.15, 0.2) is 18.2 Å². The zero-order chi connectivity index (χ0) is 21.2. The van der Waals surface area contributed by atoms with Crippen LogP contribution in [0, 0.1) is 0 Å². The number of nitrogens with zero attached hydrogens (tertiary/aromatic N) is 3. The molecule has 0 aliphatic carbocycles. The molecule has 2 aromatic rings. The summed E-state index contributed by atoms with van der Waals surface area (Å²) in [6.07, 6.45) is -0.422. The zero-order valence-electron chi connectivity index (χ0n) is 18.2. The average molecular weight is 459 g/mol. The molecule has 1 aromatic carbocycles. The molecule has 10 nitrogen and oxygen atoms in total. The largest absolute Gasteiger partial charge is 0.493 e. The molecule has 0 bridgehead atoms. The fraction of sp³-hybridized carbons (Fsp3) is 0.500. The number of fused-ring (bicyclic) bond motifs is 1. The molecule has 1 amide bonds. The standard InChI is InChI=1S/C20H28N4O5.ClH.H2O/c1-20(2,26)12-29-19(25)24-7-5-23(6-8-24)18-10-14(21)13-9-16(27-3)17(28-4)11-15(13)22-18;;/h9-11,26H,5-8,12H2,1-4H3,(H2,21,22);1H;1H2. The maximum Gasteiger partial charge on any atom is 0.409 e. The van der Waals surface area contributed by atoms with Gasteiger partial charge in [-0.25, -0.2) is 9.78 Å². The van der Waals surface area contributed by atoms with Gasteiger partial charge in [0.2, 0.25) is 0 Å². The van der Waals surface area contributed by atoms with Crippen molar-refractivity contribution in [3.05, 3.63) is 18.2 Å². The summed E-state index contributed by atoms with van der Waals surface area (Å²) in [5.41, 5.74) is 6.52. The molecule has 31 heavy (non-hydrogen) atoms. The van der Waals surface area contributed by atoms with E-state index in [4.69, 9.17) is 24.9 Å². The van der Waals surface area contributed by atoms with Crippen LogP contribution in [0.5, 0.6) is 11.5 Å². The van der Waals surface area contributed by atoms with Crippen LogP contribution in [0.3, 0.4) is 0 Å². The third kappa shape index (κ3) is 6.16. The summed E-state index contributed by atoms with van der Waals surface area (Å²) in [6.45, 7) is 5.34. The number of rotatable bonds is 5. The Kier molecular flexibility index (Phi) is 8.97. The van der Waals surface area contributed by atoms with Gasteiger partial charge < -0.3 is 40.3 Å². The second-order valence-corrected chi connectivity index (χ2v) is 7.64. The third-order valence-electron chi connectivity index (χ3n) is 4.74. The predicted molar refractivity (Wildman–Crippen MR) is 122 cm³/mol. The van der Waals surface area contributed by atoms with E-state index in [1.807, 2.05) is 12.1 Å². The molecular weight excluding hydrogens is 428 g/mol. The van der Waals surface area contributed by atoms with E-state index in [-0.39, 0.29) is 24.5 Å². The van der Waals surface area contributed by atoms with Crippen molar-refractivity contribution in [1.82, 2.24) is 9.88 Å². The van der Waals surface area contributed by atoms with E-state index >= 15 is 0 Å². The van der Waals surface area contributed by atoms with Crippen molar-refractivity contribution in [2.75, 3.05) is 57.6 Å². The number of piperazine rings is 1. The number of halogens is 1. The lowest BCUT2D eigenvalue weighted by Gasteiger charge is -2.35. The Hall–Kier alpha value is -2.69. The second kappa shape index (κ2) is 10.6. The van der Waals surface area contributed by atoms with Gasteiger partial charge in [-0.05, 0) is 19.9 Å². The molecular formula is C20H31ClN4O6. The normalized spacial score (nSPS) is 13.8. The number of carbonyl (C=O) groups excluding carboxylic acids is 1. The number of nitrogen functional groups attached to an aromatic ring is 1. The maximum atomic E-state index is 12.2. The van der Waals surface area contributed by atoms with Crippen LogP contribution in [0.25, 0.3) is 10.9 Å². The number of benzene rings is 1. The molecule has 1 aliphatic rings. The third-order valence-corrected chi connectivity index (χ3v) is 4.74. The number of aromatic nitrogens is 1. The number of anilines is 2. The second-order valence-electron chi connectivity index (χ2n) is 7.64. The van der Waals surface area contributed by atoms with Gasteiger partial charge in [-0.15, -0.1) is 12.4 Å². The number of amides is 1. The summed E-state index contributed by atoms with van der Waals surface area (Å²) in [4.78, 5) is 20.6. The van der Waals surface area contributed by atoms with E-state index in [1.165, 1.54) is 0 Å². The molecule has 0 saturated carbocycles. The highest BCUT2D eigenvalue weighted by Gasteiger charge is 2.25. The number of nitrogens with two attached hydrogens (primary N) is 1. The first-order chi connectivity index (χ1) is 13.7. The van der Waals surface area contributed by atoms with E-state index < -0.39 is 11.7 Å². The molecule has 1 aromatic heterocycles. The minimum absolute atomic E-state index is 0. The highest BCUT2D eigenvalue weighted by Crippen LogP contribution is 2.35. The Morgan fingerprint density at radius 1 is 1.13 bits per heavy atom. The van der Waals surface area contributed by atoms with Crippen LogP contribution in [0.2, 0.25) is 0 Å². The maximum absolute atomic E-state index is 12.2. The first-order valence-electron chi connectivity index (χ1n) is 9.43. The van der Waals surface area contributed by atoms with Gasteiger partial charge in [0, 0.05) is 49.4 Å². The lowest BCUT2D eigenvalue weighted by molar-refractivity contribution is -0.00414. The van der Waals surface area contributed by atoms with Crippen LogP contribution in [0.4, 0.5) is 16.3 Å². The minimum atomic E-state index is -1.05. The highest BCUT2D eigenvalue weighted by atomic mass is 35.5. The van der Waals surface area contributed by atoms with Crippen molar-refractivity contribution in [1.29, 1.82) is 0 Å². The lowest BCUT2D eigenvalue weighted by Crippen LogP contribution is -2.49. The van der Waals surface area contributed by atoms with Gasteiger partial charge in [0.1, 0.15) is 12.4 Å². The molecule has 5 N–H and O–H groups in total. The van der Waals surface area contributed by atoms with Crippen molar-refractivity contribution in [3.8, 4) is 11.5 Å². The van der Waals surface area contributed by atoms with Crippen molar-refractivity contribution >= 4 is 40.9 Å². The summed E-state index contributed by atoms with van der Waals surface area (Å²) in [5.74, 6) is 1.93. The lowest BCUT2D eigenvalue weighted by atomic mass is 10.1. The molecule has 1 fully saturated rings. The average Bonchev–Trinajstić information content (AvgIpc) is 2.70. The minimum Gasteiger partial charge on any atom is -0.493 e. The van der Waals surface area contributed by atoms with Gasteiger partial charge in [-0.3, -0.25) is 0 Å². The van der Waals surface area contributed by atoms with Crippen LogP contribution in [-0.2, 0) is 4.74 Å². The van der Waals surface area contributed by atoms with E-state index in [0.717, 1.165) is 11.2 Å². The monoisotopic (exact) mass is 458 g/mol. The topological polar surface area (TPSA) is 142 Å². The van der Waals surface area contributed by atoms with Gasteiger partial charge in [0.15, 0.2) is 11.5 Å². The first-order valence-corrected chi connectivity index (χ1v) is 9.43. The van der Waals surface area contributed by atoms with E-state index in [0.29, 0.717) is 48.9 Å². The fourth-order valence-corrected chi connectivity index (χ4v) is 3.17. The number of ether oxygens (including phenoxy) is 3. The molecule has 11 heteroatoms. The fourth-order valence-electron chi connectivity index (χ4n) is 3.17. The molecule has 1 aliphatic heterocycles. The van der Waals surface area contributed by atoms with Crippen molar-refractivity contribution in [2.45, 2.75) is 19.4 Å². The van der Waals surface area contributed by atoms with Gasteiger partial charge in [0.25, 0.3) is 0 Å². The first kappa shape index (κ1) is 26.3. The Labute approximate surface area is 187 Å². The van der Waals surface area contributed by atoms with Crippen molar-refractivity contribution in [3.63, 3.8) is 0 Å². The van der Waals surface area contributed by atoms with E-state index in [9.17, 15) is 9.90 Å². The smallest absolute Gasteiger partial charge is 0.409 e. The number of aliphatic hydroxyl groups is 1.